The van der Waals surface area contributed by atoms with Crippen molar-refractivity contribution in [1.82, 2.24) is 9.38 Å². The molecule has 0 spiro atoms. The van der Waals surface area contributed by atoms with Crippen LogP contribution >= 0.6 is 0 Å². The number of hydrogen-bond acceptors (Lipinski definition) is 6. The number of rotatable bonds is 7. The second-order valence-corrected chi connectivity index (χ2v) is 8.67. The maximum atomic E-state index is 13.2. The molecule has 0 unspecified atom stereocenters. The second-order valence-electron chi connectivity index (χ2n) is 8.67. The van der Waals surface area contributed by atoms with Gasteiger partial charge in [0.05, 0.1) is 14.2 Å². The fourth-order valence-electron chi connectivity index (χ4n) is 4.64. The number of nitrogens with zero attached hydrogens (tertiary/aromatic N) is 2. The summed E-state index contributed by atoms with van der Waals surface area (Å²) in [5.41, 5.74) is 2.65. The van der Waals surface area contributed by atoms with E-state index in [-0.39, 0.29) is 0 Å². The lowest BCUT2D eigenvalue weighted by Gasteiger charge is -2.24. The van der Waals surface area contributed by atoms with Gasteiger partial charge < -0.3 is 19.5 Å². The number of nitrogens with one attached hydrogen (secondary N) is 1. The summed E-state index contributed by atoms with van der Waals surface area (Å²) in [4.78, 5) is 18.1. The second kappa shape index (κ2) is 10.1. The lowest BCUT2D eigenvalue weighted by atomic mass is 9.95. The molecule has 5 rings (SSSR count). The van der Waals surface area contributed by atoms with Crippen LogP contribution in [0, 0.1) is 0 Å². The number of carbonyl (C=O) groups is 1. The van der Waals surface area contributed by atoms with Crippen LogP contribution in [0.2, 0.25) is 0 Å². The fourth-order valence-corrected chi connectivity index (χ4v) is 4.64. The third-order valence-electron chi connectivity index (χ3n) is 6.45. The van der Waals surface area contributed by atoms with Crippen molar-refractivity contribution in [2.45, 2.75) is 38.1 Å². The van der Waals surface area contributed by atoms with Gasteiger partial charge in [-0.05, 0) is 49.2 Å². The molecule has 0 atom stereocenters. The van der Waals surface area contributed by atoms with Crippen LogP contribution in [-0.2, 0) is 0 Å². The summed E-state index contributed by atoms with van der Waals surface area (Å²) in [6.07, 6.45) is 8.00. The Labute approximate surface area is 204 Å². The number of ether oxygens (including phenoxy) is 3. The SMILES string of the molecule is COc1ccc(C(=O)Oc2ccccc2-c2nc3ccccn3c2NC2CCCCC2)c(OC)c1. The highest BCUT2D eigenvalue weighted by atomic mass is 16.5. The van der Waals surface area contributed by atoms with E-state index in [1.165, 1.54) is 26.4 Å². The highest BCUT2D eigenvalue weighted by molar-refractivity contribution is 5.95. The van der Waals surface area contributed by atoms with Crippen molar-refractivity contribution in [3.05, 3.63) is 72.4 Å². The van der Waals surface area contributed by atoms with Crippen molar-refractivity contribution in [3.63, 3.8) is 0 Å². The van der Waals surface area contributed by atoms with Gasteiger partial charge in [0.15, 0.2) is 0 Å². The molecule has 0 aliphatic heterocycles. The number of fused-ring (bicyclic) bond motifs is 1. The average molecular weight is 472 g/mol. The van der Waals surface area contributed by atoms with Crippen LogP contribution in [0.1, 0.15) is 42.5 Å². The van der Waals surface area contributed by atoms with E-state index in [0.717, 1.165) is 35.6 Å². The quantitative estimate of drug-likeness (QED) is 0.264. The molecule has 1 aliphatic rings. The normalized spacial score (nSPS) is 14.0. The van der Waals surface area contributed by atoms with Gasteiger partial charge in [0.1, 0.15) is 40.0 Å². The number of methoxy groups -OCH3 is 2. The van der Waals surface area contributed by atoms with Crippen LogP contribution in [0.4, 0.5) is 5.82 Å². The minimum Gasteiger partial charge on any atom is -0.497 e. The summed E-state index contributed by atoms with van der Waals surface area (Å²) in [5.74, 6) is 1.83. The molecule has 2 heterocycles. The highest BCUT2D eigenvalue weighted by Crippen LogP contribution is 2.37. The van der Waals surface area contributed by atoms with Gasteiger partial charge in [-0.1, -0.05) is 37.5 Å². The summed E-state index contributed by atoms with van der Waals surface area (Å²) in [6.45, 7) is 0. The fraction of sp³-hybridized carbons (Fsp3) is 0.286. The van der Waals surface area contributed by atoms with Crippen LogP contribution in [0.25, 0.3) is 16.9 Å². The Bertz CT molecular complexity index is 1340. The number of hydrogen-bond donors (Lipinski definition) is 1. The number of para-hydroxylation sites is 1. The van der Waals surface area contributed by atoms with E-state index in [2.05, 4.69) is 9.72 Å². The van der Waals surface area contributed by atoms with Crippen LogP contribution in [0.15, 0.2) is 66.9 Å². The van der Waals surface area contributed by atoms with E-state index in [1.54, 1.807) is 31.4 Å². The van der Waals surface area contributed by atoms with Gasteiger partial charge in [-0.15, -0.1) is 0 Å². The molecule has 4 aromatic rings. The first-order valence-electron chi connectivity index (χ1n) is 11.9. The van der Waals surface area contributed by atoms with Crippen molar-refractivity contribution in [2.24, 2.45) is 0 Å². The standard InChI is InChI=1S/C28H29N3O4/c1-33-20-15-16-22(24(18-20)34-2)28(32)35-23-13-7-6-12-21(23)26-27(29-19-10-4-3-5-11-19)31-17-9-8-14-25(31)30-26/h6-9,12-19,29H,3-5,10-11H2,1-2H3. The minimum absolute atomic E-state index is 0.318. The number of imidazole rings is 1. The Balaban J connectivity index is 1.52. The molecule has 0 amide bonds. The number of carbonyl (C=O) groups excluding carboxylic acids is 1. The van der Waals surface area contributed by atoms with Crippen LogP contribution in [0.3, 0.4) is 0 Å². The van der Waals surface area contributed by atoms with Crippen molar-refractivity contribution in [2.75, 3.05) is 19.5 Å². The van der Waals surface area contributed by atoms with Crippen LogP contribution in [-0.4, -0.2) is 35.6 Å². The molecule has 1 saturated carbocycles. The molecule has 1 N–H and O–H groups in total. The molecule has 7 nitrogen and oxygen atoms in total. The van der Waals surface area contributed by atoms with E-state index >= 15 is 0 Å². The molecule has 0 radical (unpaired) electrons. The topological polar surface area (TPSA) is 74.1 Å². The molecule has 180 valence electrons. The Kier molecular flexibility index (Phi) is 6.57. The van der Waals surface area contributed by atoms with Gasteiger partial charge in [-0.3, -0.25) is 4.40 Å². The molecule has 0 bridgehead atoms. The van der Waals surface area contributed by atoms with E-state index in [0.29, 0.717) is 28.9 Å². The summed E-state index contributed by atoms with van der Waals surface area (Å²) >= 11 is 0. The van der Waals surface area contributed by atoms with Crippen molar-refractivity contribution in [3.8, 4) is 28.5 Å². The van der Waals surface area contributed by atoms with Gasteiger partial charge in [0.25, 0.3) is 0 Å². The van der Waals surface area contributed by atoms with Crippen LogP contribution in [0.5, 0.6) is 17.2 Å². The van der Waals surface area contributed by atoms with Gasteiger partial charge in [0.2, 0.25) is 0 Å². The molecule has 1 aliphatic carbocycles. The summed E-state index contributed by atoms with van der Waals surface area (Å²) in [7, 11) is 3.08. The van der Waals surface area contributed by atoms with Gasteiger partial charge >= 0.3 is 5.97 Å². The third-order valence-corrected chi connectivity index (χ3v) is 6.45. The van der Waals surface area contributed by atoms with E-state index in [9.17, 15) is 4.79 Å². The van der Waals surface area contributed by atoms with E-state index in [1.807, 2.05) is 42.6 Å². The Hall–Kier alpha value is -4.00. The molecule has 7 heteroatoms. The lowest BCUT2D eigenvalue weighted by molar-refractivity contribution is 0.0732. The number of anilines is 1. The van der Waals surface area contributed by atoms with Gasteiger partial charge in [-0.25, -0.2) is 9.78 Å². The van der Waals surface area contributed by atoms with E-state index in [4.69, 9.17) is 19.2 Å². The number of aromatic nitrogens is 2. The maximum absolute atomic E-state index is 13.2. The average Bonchev–Trinajstić information content (AvgIpc) is 3.27. The van der Waals surface area contributed by atoms with Crippen LogP contribution < -0.4 is 19.5 Å². The summed E-state index contributed by atoms with van der Waals surface area (Å²) < 4.78 is 18.6. The first-order valence-corrected chi connectivity index (χ1v) is 11.9. The minimum atomic E-state index is -0.512. The summed E-state index contributed by atoms with van der Waals surface area (Å²) in [5, 5.41) is 3.74. The van der Waals surface area contributed by atoms with Crippen molar-refractivity contribution in [1.29, 1.82) is 0 Å². The van der Waals surface area contributed by atoms with Crippen molar-refractivity contribution >= 4 is 17.4 Å². The first kappa shape index (κ1) is 22.8. The number of benzene rings is 2. The van der Waals surface area contributed by atoms with Gasteiger partial charge in [0, 0.05) is 23.9 Å². The highest BCUT2D eigenvalue weighted by Gasteiger charge is 2.23. The molecule has 35 heavy (non-hydrogen) atoms. The molecule has 2 aromatic heterocycles. The maximum Gasteiger partial charge on any atom is 0.347 e. The Morgan fingerprint density at radius 2 is 1.74 bits per heavy atom. The Morgan fingerprint density at radius 1 is 0.943 bits per heavy atom. The molecular formula is C28H29N3O4. The number of esters is 1. The lowest BCUT2D eigenvalue weighted by Crippen LogP contribution is -2.23. The zero-order valence-corrected chi connectivity index (χ0v) is 20.0. The third kappa shape index (κ3) is 4.67. The molecule has 2 aromatic carbocycles. The Morgan fingerprint density at radius 3 is 2.54 bits per heavy atom. The number of pyridine rings is 1. The smallest absolute Gasteiger partial charge is 0.347 e. The zero-order chi connectivity index (χ0) is 24.2. The predicted octanol–water partition coefficient (Wildman–Crippen LogP) is 5.98. The molecular weight excluding hydrogens is 442 g/mol. The summed E-state index contributed by atoms with van der Waals surface area (Å²) in [6, 6.07) is 18.8. The first-order chi connectivity index (χ1) is 17.2. The molecule has 0 saturated heterocycles. The van der Waals surface area contributed by atoms with Crippen molar-refractivity contribution < 1.29 is 19.0 Å². The van der Waals surface area contributed by atoms with Gasteiger partial charge in [-0.2, -0.15) is 0 Å². The zero-order valence-electron chi connectivity index (χ0n) is 20.0. The largest absolute Gasteiger partial charge is 0.497 e. The monoisotopic (exact) mass is 471 g/mol. The predicted molar refractivity (Wildman–Crippen MR) is 136 cm³/mol. The van der Waals surface area contributed by atoms with E-state index < -0.39 is 5.97 Å². The molecule has 1 fully saturated rings.